The Morgan fingerprint density at radius 2 is 2.00 bits per heavy atom. The minimum Gasteiger partial charge on any atom is -0.326 e. The van der Waals surface area contributed by atoms with Crippen LogP contribution in [0.1, 0.15) is 40.0 Å². The Balaban J connectivity index is 2.55. The minimum absolute atomic E-state index is 0.397. The van der Waals surface area contributed by atoms with E-state index in [9.17, 15) is 0 Å². The zero-order valence-corrected chi connectivity index (χ0v) is 8.64. The standard InChI is InChI=1S/C10H22N2/c1-4-10(3,5-2)12-7-6-9(11)8-12/h9H,4-8,11H2,1-3H3. The van der Waals surface area contributed by atoms with E-state index in [1.807, 2.05) is 0 Å². The highest BCUT2D eigenvalue weighted by molar-refractivity contribution is 4.90. The van der Waals surface area contributed by atoms with Crippen LogP contribution in [0.25, 0.3) is 0 Å². The molecule has 2 heteroatoms. The van der Waals surface area contributed by atoms with E-state index in [1.54, 1.807) is 0 Å². The predicted octanol–water partition coefficient (Wildman–Crippen LogP) is 1.60. The molecule has 0 saturated carbocycles. The van der Waals surface area contributed by atoms with Gasteiger partial charge in [0.15, 0.2) is 0 Å². The summed E-state index contributed by atoms with van der Waals surface area (Å²) >= 11 is 0. The van der Waals surface area contributed by atoms with Crippen molar-refractivity contribution in [1.82, 2.24) is 4.90 Å². The second-order valence-corrected chi connectivity index (χ2v) is 4.20. The summed E-state index contributed by atoms with van der Waals surface area (Å²) in [6.45, 7) is 9.18. The van der Waals surface area contributed by atoms with Gasteiger partial charge in [-0.2, -0.15) is 0 Å². The summed E-state index contributed by atoms with van der Waals surface area (Å²) in [5, 5.41) is 0. The van der Waals surface area contributed by atoms with Gasteiger partial charge in [-0.3, -0.25) is 4.90 Å². The lowest BCUT2D eigenvalue weighted by atomic mass is 9.94. The number of nitrogens with zero attached hydrogens (tertiary/aromatic N) is 1. The molecule has 1 aliphatic rings. The maximum atomic E-state index is 5.89. The van der Waals surface area contributed by atoms with Crippen molar-refractivity contribution in [3.05, 3.63) is 0 Å². The van der Waals surface area contributed by atoms with Crippen LogP contribution in [0.4, 0.5) is 0 Å². The SMILES string of the molecule is CCC(C)(CC)N1CCC(N)C1. The molecule has 0 spiro atoms. The predicted molar refractivity (Wildman–Crippen MR) is 53.2 cm³/mol. The van der Waals surface area contributed by atoms with Crippen molar-refractivity contribution in [3.8, 4) is 0 Å². The van der Waals surface area contributed by atoms with Gasteiger partial charge in [0.1, 0.15) is 0 Å². The zero-order valence-electron chi connectivity index (χ0n) is 8.64. The summed E-state index contributed by atoms with van der Waals surface area (Å²) in [6.07, 6.45) is 3.64. The van der Waals surface area contributed by atoms with E-state index in [4.69, 9.17) is 5.73 Å². The Morgan fingerprint density at radius 1 is 1.42 bits per heavy atom. The Kier molecular flexibility index (Phi) is 3.13. The average molecular weight is 170 g/mol. The first-order valence-corrected chi connectivity index (χ1v) is 5.13. The first-order valence-electron chi connectivity index (χ1n) is 5.13. The molecule has 72 valence electrons. The molecule has 0 aliphatic carbocycles. The third kappa shape index (κ3) is 1.80. The second-order valence-electron chi connectivity index (χ2n) is 4.20. The van der Waals surface area contributed by atoms with Crippen LogP contribution in [0.15, 0.2) is 0 Å². The fraction of sp³-hybridized carbons (Fsp3) is 1.00. The largest absolute Gasteiger partial charge is 0.326 e. The van der Waals surface area contributed by atoms with E-state index < -0.39 is 0 Å². The molecule has 1 rings (SSSR count). The van der Waals surface area contributed by atoms with Crippen molar-refractivity contribution in [1.29, 1.82) is 0 Å². The average Bonchev–Trinajstić information content (AvgIpc) is 2.51. The summed E-state index contributed by atoms with van der Waals surface area (Å²) in [4.78, 5) is 2.55. The lowest BCUT2D eigenvalue weighted by molar-refractivity contribution is 0.124. The monoisotopic (exact) mass is 170 g/mol. The molecule has 1 atom stereocenters. The molecule has 0 radical (unpaired) electrons. The van der Waals surface area contributed by atoms with E-state index in [-0.39, 0.29) is 0 Å². The summed E-state index contributed by atoms with van der Waals surface area (Å²) < 4.78 is 0. The first-order chi connectivity index (χ1) is 5.62. The van der Waals surface area contributed by atoms with Crippen molar-refractivity contribution < 1.29 is 0 Å². The Labute approximate surface area is 76.1 Å². The minimum atomic E-state index is 0.397. The summed E-state index contributed by atoms with van der Waals surface area (Å²) in [5.74, 6) is 0. The lowest BCUT2D eigenvalue weighted by Crippen LogP contribution is -2.45. The summed E-state index contributed by atoms with van der Waals surface area (Å²) in [5.41, 5.74) is 6.29. The molecule has 1 saturated heterocycles. The third-order valence-corrected chi connectivity index (χ3v) is 3.51. The van der Waals surface area contributed by atoms with Gasteiger partial charge in [0.2, 0.25) is 0 Å². The number of hydrogen-bond acceptors (Lipinski definition) is 2. The van der Waals surface area contributed by atoms with E-state index in [2.05, 4.69) is 25.7 Å². The molecule has 1 heterocycles. The second kappa shape index (κ2) is 3.75. The van der Waals surface area contributed by atoms with Gasteiger partial charge in [0.05, 0.1) is 0 Å². The quantitative estimate of drug-likeness (QED) is 0.697. The first kappa shape index (κ1) is 10.0. The topological polar surface area (TPSA) is 29.3 Å². The summed E-state index contributed by atoms with van der Waals surface area (Å²) in [7, 11) is 0. The highest BCUT2D eigenvalue weighted by Gasteiger charge is 2.32. The van der Waals surface area contributed by atoms with Crippen molar-refractivity contribution >= 4 is 0 Å². The van der Waals surface area contributed by atoms with Gasteiger partial charge < -0.3 is 5.73 Å². The molecule has 0 aromatic carbocycles. The Bertz CT molecular complexity index is 141. The molecule has 2 nitrogen and oxygen atoms in total. The van der Waals surface area contributed by atoms with Crippen LogP contribution < -0.4 is 5.73 Å². The van der Waals surface area contributed by atoms with Gasteiger partial charge in [0.25, 0.3) is 0 Å². The maximum Gasteiger partial charge on any atom is 0.0180 e. The highest BCUT2D eigenvalue weighted by atomic mass is 15.2. The van der Waals surface area contributed by atoms with Crippen molar-refractivity contribution in [2.75, 3.05) is 13.1 Å². The van der Waals surface area contributed by atoms with Gasteiger partial charge in [0, 0.05) is 24.7 Å². The smallest absolute Gasteiger partial charge is 0.0180 e. The molecule has 2 N–H and O–H groups in total. The molecule has 0 aromatic rings. The Hall–Kier alpha value is -0.0800. The number of likely N-dealkylation sites (tertiary alicyclic amines) is 1. The Morgan fingerprint density at radius 3 is 2.33 bits per heavy atom. The van der Waals surface area contributed by atoms with Crippen molar-refractivity contribution in [2.45, 2.75) is 51.6 Å². The zero-order chi connectivity index (χ0) is 9.19. The molecule has 1 unspecified atom stereocenters. The van der Waals surface area contributed by atoms with Gasteiger partial charge >= 0.3 is 0 Å². The van der Waals surface area contributed by atoms with E-state index in [1.165, 1.54) is 25.8 Å². The van der Waals surface area contributed by atoms with Crippen LogP contribution in [0.5, 0.6) is 0 Å². The van der Waals surface area contributed by atoms with Crippen molar-refractivity contribution in [3.63, 3.8) is 0 Å². The molecular weight excluding hydrogens is 148 g/mol. The van der Waals surface area contributed by atoms with Crippen molar-refractivity contribution in [2.24, 2.45) is 5.73 Å². The molecule has 0 bridgehead atoms. The number of hydrogen-bond donors (Lipinski definition) is 1. The van der Waals surface area contributed by atoms with Crippen LogP contribution in [0, 0.1) is 0 Å². The van der Waals surface area contributed by atoms with Gasteiger partial charge in [-0.25, -0.2) is 0 Å². The normalized spacial score (nSPS) is 26.5. The maximum absolute atomic E-state index is 5.89. The molecule has 1 aliphatic heterocycles. The molecule has 0 amide bonds. The fourth-order valence-electron chi connectivity index (χ4n) is 1.97. The van der Waals surface area contributed by atoms with E-state index >= 15 is 0 Å². The van der Waals surface area contributed by atoms with Gasteiger partial charge in [-0.1, -0.05) is 13.8 Å². The molecule has 1 fully saturated rings. The van der Waals surface area contributed by atoms with Gasteiger partial charge in [-0.05, 0) is 26.2 Å². The summed E-state index contributed by atoms with van der Waals surface area (Å²) in [6, 6.07) is 0.419. The van der Waals surface area contributed by atoms with E-state index in [0.29, 0.717) is 11.6 Å². The van der Waals surface area contributed by atoms with Crippen LogP contribution >= 0.6 is 0 Å². The third-order valence-electron chi connectivity index (χ3n) is 3.51. The van der Waals surface area contributed by atoms with Crippen LogP contribution in [0.3, 0.4) is 0 Å². The van der Waals surface area contributed by atoms with Crippen LogP contribution in [-0.4, -0.2) is 29.6 Å². The lowest BCUT2D eigenvalue weighted by Gasteiger charge is -2.37. The van der Waals surface area contributed by atoms with Crippen LogP contribution in [-0.2, 0) is 0 Å². The molecule has 12 heavy (non-hydrogen) atoms. The molecule has 0 aromatic heterocycles. The van der Waals surface area contributed by atoms with Gasteiger partial charge in [-0.15, -0.1) is 0 Å². The van der Waals surface area contributed by atoms with E-state index in [0.717, 1.165) is 6.54 Å². The fourth-order valence-corrected chi connectivity index (χ4v) is 1.97. The number of nitrogens with two attached hydrogens (primary N) is 1. The number of rotatable bonds is 3. The highest BCUT2D eigenvalue weighted by Crippen LogP contribution is 2.26. The van der Waals surface area contributed by atoms with Crippen LogP contribution in [0.2, 0.25) is 0 Å². The molecular formula is C10H22N2.